The summed E-state index contributed by atoms with van der Waals surface area (Å²) < 4.78 is 10.7. The Morgan fingerprint density at radius 3 is 2.81 bits per heavy atom. The third kappa shape index (κ3) is 6.29. The third-order valence-corrected chi connectivity index (χ3v) is 4.66. The molecule has 0 radical (unpaired) electrons. The van der Waals surface area contributed by atoms with Crippen molar-refractivity contribution in [3.8, 4) is 11.5 Å². The van der Waals surface area contributed by atoms with Gasteiger partial charge in [0.15, 0.2) is 11.5 Å². The zero-order valence-electron chi connectivity index (χ0n) is 15.9. The van der Waals surface area contributed by atoms with Crippen LogP contribution in [-0.4, -0.2) is 47.4 Å². The Morgan fingerprint density at radius 1 is 1.44 bits per heavy atom. The number of phenolic OH excluding ortho intramolecular Hbond substituents is 1. The number of hydrogen-bond donors (Lipinski definition) is 3. The van der Waals surface area contributed by atoms with E-state index in [4.69, 9.17) is 9.47 Å². The molecule has 148 valence electrons. The Balaban J connectivity index is 2.05. The topological polar surface area (TPSA) is 105 Å². The second kappa shape index (κ2) is 8.90. The molecular weight excluding hydrogens is 350 g/mol. The molecule has 0 spiro atoms. The van der Waals surface area contributed by atoms with E-state index in [1.807, 2.05) is 13.8 Å². The summed E-state index contributed by atoms with van der Waals surface area (Å²) in [6.07, 6.45) is 4.20. The molecule has 27 heavy (non-hydrogen) atoms. The van der Waals surface area contributed by atoms with Crippen LogP contribution in [0.15, 0.2) is 24.3 Å². The van der Waals surface area contributed by atoms with Gasteiger partial charge in [0, 0.05) is 18.7 Å². The Morgan fingerprint density at radius 2 is 2.19 bits per heavy atom. The van der Waals surface area contributed by atoms with Crippen molar-refractivity contribution >= 4 is 18.0 Å². The molecule has 1 aliphatic rings. The van der Waals surface area contributed by atoms with E-state index in [-0.39, 0.29) is 29.6 Å². The summed E-state index contributed by atoms with van der Waals surface area (Å²) in [6, 6.07) is 4.28. The van der Waals surface area contributed by atoms with Crippen LogP contribution in [0.25, 0.3) is 6.08 Å². The zero-order valence-corrected chi connectivity index (χ0v) is 15.9. The number of methoxy groups -OCH3 is 1. The van der Waals surface area contributed by atoms with Crippen LogP contribution in [0.1, 0.15) is 38.7 Å². The fourth-order valence-electron chi connectivity index (χ4n) is 3.35. The SMILES string of the molecule is COc1cc(C=CC(=O)N[C@@H](CC(=O)O)[C@H]2CCOC(C)(C)C2)ccc1O. The number of carbonyl (C=O) groups is 2. The van der Waals surface area contributed by atoms with E-state index in [1.54, 1.807) is 18.2 Å². The lowest BCUT2D eigenvalue weighted by Crippen LogP contribution is -2.46. The number of aliphatic carboxylic acids is 1. The molecule has 1 saturated heterocycles. The maximum Gasteiger partial charge on any atom is 0.305 e. The molecule has 7 heteroatoms. The molecule has 0 aliphatic carbocycles. The van der Waals surface area contributed by atoms with Gasteiger partial charge in [-0.25, -0.2) is 0 Å². The van der Waals surface area contributed by atoms with E-state index in [2.05, 4.69) is 5.32 Å². The van der Waals surface area contributed by atoms with Crippen molar-refractivity contribution in [3.05, 3.63) is 29.8 Å². The lowest BCUT2D eigenvalue weighted by molar-refractivity contribution is -0.139. The Kier molecular flexibility index (Phi) is 6.85. The zero-order chi connectivity index (χ0) is 20.0. The van der Waals surface area contributed by atoms with Crippen molar-refractivity contribution < 1.29 is 29.3 Å². The van der Waals surface area contributed by atoms with Gasteiger partial charge in [-0.05, 0) is 56.4 Å². The van der Waals surface area contributed by atoms with Gasteiger partial charge >= 0.3 is 5.97 Å². The number of hydrogen-bond acceptors (Lipinski definition) is 5. The minimum atomic E-state index is -0.947. The minimum Gasteiger partial charge on any atom is -0.504 e. The first-order valence-electron chi connectivity index (χ1n) is 8.91. The number of phenols is 1. The standard InChI is InChI=1S/C20H27NO6/c1-20(2)12-14(8-9-27-20)15(11-19(24)25)21-18(23)7-5-13-4-6-16(22)17(10-13)26-3/h4-7,10,14-15,22H,8-9,11-12H2,1-3H3,(H,21,23)(H,24,25)/t14-,15-/m0/s1. The van der Waals surface area contributed by atoms with Gasteiger partial charge in [-0.15, -0.1) is 0 Å². The highest BCUT2D eigenvalue weighted by Gasteiger charge is 2.34. The lowest BCUT2D eigenvalue weighted by atomic mass is 9.82. The van der Waals surface area contributed by atoms with Crippen LogP contribution in [0.3, 0.4) is 0 Å². The third-order valence-electron chi connectivity index (χ3n) is 4.66. The van der Waals surface area contributed by atoms with Crippen LogP contribution < -0.4 is 10.1 Å². The van der Waals surface area contributed by atoms with Gasteiger partial charge in [-0.3, -0.25) is 9.59 Å². The van der Waals surface area contributed by atoms with Gasteiger partial charge in [0.25, 0.3) is 0 Å². The van der Waals surface area contributed by atoms with E-state index in [1.165, 1.54) is 19.3 Å². The van der Waals surface area contributed by atoms with Gasteiger partial charge in [-0.1, -0.05) is 6.07 Å². The molecule has 2 atom stereocenters. The molecule has 7 nitrogen and oxygen atoms in total. The summed E-state index contributed by atoms with van der Waals surface area (Å²) >= 11 is 0. The number of amides is 1. The van der Waals surface area contributed by atoms with E-state index >= 15 is 0 Å². The average Bonchev–Trinajstić information content (AvgIpc) is 2.59. The van der Waals surface area contributed by atoms with Crippen molar-refractivity contribution in [2.75, 3.05) is 13.7 Å². The summed E-state index contributed by atoms with van der Waals surface area (Å²) in [5.74, 6) is -0.945. The first kappa shape index (κ1) is 20.8. The highest BCUT2D eigenvalue weighted by Crippen LogP contribution is 2.32. The first-order chi connectivity index (χ1) is 12.7. The Hall–Kier alpha value is -2.54. The normalized spacial score (nSPS) is 20.2. The van der Waals surface area contributed by atoms with Crippen LogP contribution in [-0.2, 0) is 14.3 Å². The predicted molar refractivity (Wildman–Crippen MR) is 101 cm³/mol. The van der Waals surface area contributed by atoms with E-state index in [9.17, 15) is 19.8 Å². The van der Waals surface area contributed by atoms with Gasteiger partial charge in [0.2, 0.25) is 5.91 Å². The highest BCUT2D eigenvalue weighted by atomic mass is 16.5. The molecule has 0 saturated carbocycles. The number of carbonyl (C=O) groups excluding carboxylic acids is 1. The van der Waals surface area contributed by atoms with Crippen molar-refractivity contribution in [2.24, 2.45) is 5.92 Å². The van der Waals surface area contributed by atoms with Crippen molar-refractivity contribution in [2.45, 2.75) is 44.8 Å². The summed E-state index contributed by atoms with van der Waals surface area (Å²) in [6.45, 7) is 4.49. The fourth-order valence-corrected chi connectivity index (χ4v) is 3.35. The Labute approximate surface area is 159 Å². The van der Waals surface area contributed by atoms with Crippen LogP contribution in [0, 0.1) is 5.92 Å². The molecule has 1 fully saturated rings. The van der Waals surface area contributed by atoms with Gasteiger partial charge < -0.3 is 25.0 Å². The molecular formula is C20H27NO6. The molecule has 3 N–H and O–H groups in total. The Bertz CT molecular complexity index is 712. The van der Waals surface area contributed by atoms with E-state index in [0.29, 0.717) is 30.8 Å². The smallest absolute Gasteiger partial charge is 0.305 e. The monoisotopic (exact) mass is 377 g/mol. The first-order valence-corrected chi connectivity index (χ1v) is 8.91. The second-order valence-corrected chi connectivity index (χ2v) is 7.34. The number of benzene rings is 1. The van der Waals surface area contributed by atoms with Crippen molar-refractivity contribution in [3.63, 3.8) is 0 Å². The number of aromatic hydroxyl groups is 1. The van der Waals surface area contributed by atoms with Crippen LogP contribution in [0.2, 0.25) is 0 Å². The average molecular weight is 377 g/mol. The van der Waals surface area contributed by atoms with E-state index in [0.717, 1.165) is 0 Å². The molecule has 1 aromatic rings. The minimum absolute atomic E-state index is 0.0164. The molecule has 1 aliphatic heterocycles. The molecule has 1 heterocycles. The molecule has 1 aromatic carbocycles. The van der Waals surface area contributed by atoms with Crippen LogP contribution in [0.5, 0.6) is 11.5 Å². The number of carboxylic acid groups (broad SMARTS) is 1. The van der Waals surface area contributed by atoms with Crippen molar-refractivity contribution in [1.29, 1.82) is 0 Å². The maximum atomic E-state index is 12.3. The number of carboxylic acids is 1. The van der Waals surface area contributed by atoms with E-state index < -0.39 is 12.0 Å². The number of nitrogens with one attached hydrogen (secondary N) is 1. The summed E-state index contributed by atoms with van der Waals surface area (Å²) in [5, 5.41) is 21.6. The molecule has 2 rings (SSSR count). The number of rotatable bonds is 7. The summed E-state index contributed by atoms with van der Waals surface area (Å²) in [4.78, 5) is 23.6. The molecule has 0 bridgehead atoms. The summed E-state index contributed by atoms with van der Waals surface area (Å²) in [5.41, 5.74) is 0.352. The molecule has 0 unspecified atom stereocenters. The van der Waals surface area contributed by atoms with Crippen LogP contribution >= 0.6 is 0 Å². The lowest BCUT2D eigenvalue weighted by Gasteiger charge is -2.39. The van der Waals surface area contributed by atoms with Gasteiger partial charge in [0.05, 0.1) is 19.1 Å². The number of ether oxygens (including phenoxy) is 2. The largest absolute Gasteiger partial charge is 0.504 e. The molecule has 0 aromatic heterocycles. The molecule has 1 amide bonds. The highest BCUT2D eigenvalue weighted by molar-refractivity contribution is 5.92. The second-order valence-electron chi connectivity index (χ2n) is 7.34. The fraction of sp³-hybridized carbons (Fsp3) is 0.500. The quantitative estimate of drug-likeness (QED) is 0.631. The van der Waals surface area contributed by atoms with Gasteiger partial charge in [-0.2, -0.15) is 0 Å². The maximum absolute atomic E-state index is 12.3. The van der Waals surface area contributed by atoms with Crippen LogP contribution in [0.4, 0.5) is 0 Å². The van der Waals surface area contributed by atoms with Gasteiger partial charge in [0.1, 0.15) is 0 Å². The predicted octanol–water partition coefficient (Wildman–Crippen LogP) is 2.58. The summed E-state index contributed by atoms with van der Waals surface area (Å²) in [7, 11) is 1.45. The van der Waals surface area contributed by atoms with Crippen molar-refractivity contribution in [1.82, 2.24) is 5.32 Å².